The highest BCUT2D eigenvalue weighted by Crippen LogP contribution is 2.15. The molecule has 0 rings (SSSR count). The van der Waals surface area contributed by atoms with Crippen LogP contribution in [0.2, 0.25) is 0 Å². The molecule has 6 nitrogen and oxygen atoms in total. The molecule has 0 aromatic carbocycles. The highest BCUT2D eigenvalue weighted by atomic mass is 16.6. The molecule has 0 atom stereocenters. The van der Waals surface area contributed by atoms with Crippen molar-refractivity contribution in [1.82, 2.24) is 0 Å². The normalized spacial score (nSPS) is 12.4. The molecule has 0 heterocycles. The first-order valence-electron chi connectivity index (χ1n) is 27.7. The Hall–Kier alpha value is -3.67. The van der Waals surface area contributed by atoms with Crippen LogP contribution in [0, 0.1) is 0 Å². The van der Waals surface area contributed by atoms with E-state index in [1.54, 1.807) is 0 Å². The molecule has 382 valence electrons. The van der Waals surface area contributed by atoms with E-state index >= 15 is 0 Å². The van der Waals surface area contributed by atoms with Gasteiger partial charge >= 0.3 is 17.9 Å². The summed E-state index contributed by atoms with van der Waals surface area (Å²) in [5, 5.41) is 0. The molecule has 0 unspecified atom stereocenters. The van der Waals surface area contributed by atoms with Gasteiger partial charge in [0, 0.05) is 19.3 Å². The summed E-state index contributed by atoms with van der Waals surface area (Å²) in [4.78, 5) is 38.1. The largest absolute Gasteiger partial charge is 0.462 e. The summed E-state index contributed by atoms with van der Waals surface area (Å²) in [7, 11) is 0. The first kappa shape index (κ1) is 63.3. The number of esters is 3. The molecule has 0 amide bonds. The van der Waals surface area contributed by atoms with E-state index in [1.807, 2.05) is 0 Å². The lowest BCUT2D eigenvalue weighted by Gasteiger charge is -2.18. The van der Waals surface area contributed by atoms with Crippen LogP contribution in [-0.4, -0.2) is 37.2 Å². The number of hydrogen-bond donors (Lipinski definition) is 0. The molecule has 0 radical (unpaired) electrons. The number of carbonyl (C=O) groups excluding carboxylic acids is 3. The first-order valence-corrected chi connectivity index (χ1v) is 27.7. The average molecular weight is 931 g/mol. The standard InChI is InChI=1S/C61H102O6/c1-4-7-10-13-16-19-22-25-28-30-33-35-38-41-44-47-50-53-59(62)65-56-58(67-61(64)55-52-49-46-43-40-37-32-27-24-21-18-15-12-9-6-3)57-66-60(63)54-51-48-45-42-39-36-34-31-29-26-23-20-17-14-11-8-5-2/h16-17,19-20,25-26,28-29,33-36,41-42,44-45,58H,4-15,18,21-24,27,30-32,37-40,43,46-57H2,1-3H3/b19-16-,20-17-,28-25-,29-26-,35-33-,36-34-,44-41-,45-42-. The molecular formula is C61H102O6. The SMILES string of the molecule is CCCCC/C=C\C/C=C\C/C=C\C/C=C\CCCC(=O)OCC(COC(=O)CCC/C=C\C/C=C\C/C=C\C/C=C\CCCCC)OC(=O)CCCCCCCCCCCCCCCCC. The average Bonchev–Trinajstić information content (AvgIpc) is 3.33. The molecule has 0 N–H and O–H groups in total. The fourth-order valence-corrected chi connectivity index (χ4v) is 7.37. The monoisotopic (exact) mass is 931 g/mol. The van der Waals surface area contributed by atoms with Crippen molar-refractivity contribution in [3.05, 3.63) is 97.2 Å². The van der Waals surface area contributed by atoms with E-state index in [-0.39, 0.29) is 44.0 Å². The van der Waals surface area contributed by atoms with Gasteiger partial charge in [-0.1, -0.05) is 234 Å². The number of unbranched alkanes of at least 4 members (excludes halogenated alkanes) is 22. The zero-order valence-electron chi connectivity index (χ0n) is 43.6. The topological polar surface area (TPSA) is 78.9 Å². The molecular weight excluding hydrogens is 829 g/mol. The Labute approximate surface area is 413 Å². The van der Waals surface area contributed by atoms with Crippen LogP contribution in [0.3, 0.4) is 0 Å². The predicted octanol–water partition coefficient (Wildman–Crippen LogP) is 18.5. The summed E-state index contributed by atoms with van der Waals surface area (Å²) in [6, 6.07) is 0. The van der Waals surface area contributed by atoms with E-state index in [0.717, 1.165) is 70.6 Å². The van der Waals surface area contributed by atoms with Crippen LogP contribution in [0.25, 0.3) is 0 Å². The molecule has 0 saturated heterocycles. The van der Waals surface area contributed by atoms with Gasteiger partial charge in [-0.05, 0) is 96.3 Å². The smallest absolute Gasteiger partial charge is 0.306 e. The van der Waals surface area contributed by atoms with E-state index in [4.69, 9.17) is 14.2 Å². The summed E-state index contributed by atoms with van der Waals surface area (Å²) >= 11 is 0. The summed E-state index contributed by atoms with van der Waals surface area (Å²) in [5.74, 6) is -1.03. The van der Waals surface area contributed by atoms with Gasteiger partial charge in [-0.15, -0.1) is 0 Å². The lowest BCUT2D eigenvalue weighted by molar-refractivity contribution is -0.167. The Balaban J connectivity index is 4.55. The Morgan fingerprint density at radius 3 is 0.881 bits per heavy atom. The Morgan fingerprint density at radius 1 is 0.299 bits per heavy atom. The summed E-state index contributed by atoms with van der Waals surface area (Å²) < 4.78 is 16.7. The van der Waals surface area contributed by atoms with E-state index in [2.05, 4.69) is 118 Å². The van der Waals surface area contributed by atoms with Gasteiger partial charge in [0.2, 0.25) is 0 Å². The molecule has 0 saturated carbocycles. The summed E-state index contributed by atoms with van der Waals surface area (Å²) in [6.07, 6.45) is 72.6. The van der Waals surface area contributed by atoms with Crippen LogP contribution in [0.4, 0.5) is 0 Å². The Bertz CT molecular complexity index is 1270. The van der Waals surface area contributed by atoms with Crippen LogP contribution < -0.4 is 0 Å². The number of carbonyl (C=O) groups is 3. The highest BCUT2D eigenvalue weighted by Gasteiger charge is 2.19. The van der Waals surface area contributed by atoms with Gasteiger partial charge in [0.1, 0.15) is 13.2 Å². The lowest BCUT2D eigenvalue weighted by atomic mass is 10.0. The summed E-state index contributed by atoms with van der Waals surface area (Å²) in [6.45, 7) is 6.49. The molecule has 6 heteroatoms. The predicted molar refractivity (Wildman–Crippen MR) is 288 cm³/mol. The minimum Gasteiger partial charge on any atom is -0.462 e. The molecule has 0 aromatic heterocycles. The molecule has 0 bridgehead atoms. The van der Waals surface area contributed by atoms with Gasteiger partial charge in [-0.2, -0.15) is 0 Å². The van der Waals surface area contributed by atoms with Crippen molar-refractivity contribution in [1.29, 1.82) is 0 Å². The van der Waals surface area contributed by atoms with E-state index in [1.165, 1.54) is 128 Å². The maximum absolute atomic E-state index is 12.8. The second-order valence-electron chi connectivity index (χ2n) is 18.1. The van der Waals surface area contributed by atoms with Crippen molar-refractivity contribution >= 4 is 17.9 Å². The minimum absolute atomic E-state index is 0.122. The number of allylic oxidation sites excluding steroid dienone is 16. The van der Waals surface area contributed by atoms with E-state index in [9.17, 15) is 14.4 Å². The zero-order chi connectivity index (χ0) is 48.6. The van der Waals surface area contributed by atoms with Crippen LogP contribution in [0.15, 0.2) is 97.2 Å². The fraction of sp³-hybridized carbons (Fsp3) is 0.689. The quantitative estimate of drug-likeness (QED) is 0.0262. The third-order valence-electron chi connectivity index (χ3n) is 11.6. The van der Waals surface area contributed by atoms with Crippen molar-refractivity contribution in [3.8, 4) is 0 Å². The van der Waals surface area contributed by atoms with Gasteiger partial charge in [0.05, 0.1) is 0 Å². The highest BCUT2D eigenvalue weighted by molar-refractivity contribution is 5.71. The summed E-state index contributed by atoms with van der Waals surface area (Å²) in [5.41, 5.74) is 0. The third-order valence-corrected chi connectivity index (χ3v) is 11.6. The fourth-order valence-electron chi connectivity index (χ4n) is 7.37. The number of rotatable bonds is 49. The maximum Gasteiger partial charge on any atom is 0.306 e. The van der Waals surface area contributed by atoms with Crippen molar-refractivity contribution in [2.75, 3.05) is 13.2 Å². The van der Waals surface area contributed by atoms with Crippen LogP contribution >= 0.6 is 0 Å². The molecule has 67 heavy (non-hydrogen) atoms. The Morgan fingerprint density at radius 2 is 0.552 bits per heavy atom. The van der Waals surface area contributed by atoms with Gasteiger partial charge in [-0.25, -0.2) is 0 Å². The van der Waals surface area contributed by atoms with Crippen molar-refractivity contribution in [2.24, 2.45) is 0 Å². The first-order chi connectivity index (χ1) is 33.0. The lowest BCUT2D eigenvalue weighted by Crippen LogP contribution is -2.30. The number of hydrogen-bond acceptors (Lipinski definition) is 6. The van der Waals surface area contributed by atoms with Gasteiger partial charge in [0.25, 0.3) is 0 Å². The molecule has 0 fully saturated rings. The molecule has 0 aliphatic rings. The molecule has 0 aromatic rings. The van der Waals surface area contributed by atoms with E-state index < -0.39 is 6.10 Å². The van der Waals surface area contributed by atoms with Crippen molar-refractivity contribution in [3.63, 3.8) is 0 Å². The van der Waals surface area contributed by atoms with Gasteiger partial charge < -0.3 is 14.2 Å². The van der Waals surface area contributed by atoms with Crippen LogP contribution in [-0.2, 0) is 28.6 Å². The van der Waals surface area contributed by atoms with Gasteiger partial charge in [0.15, 0.2) is 6.10 Å². The second-order valence-corrected chi connectivity index (χ2v) is 18.1. The van der Waals surface area contributed by atoms with Crippen molar-refractivity contribution in [2.45, 2.75) is 258 Å². The molecule has 0 aliphatic heterocycles. The van der Waals surface area contributed by atoms with Crippen LogP contribution in [0.5, 0.6) is 0 Å². The maximum atomic E-state index is 12.8. The van der Waals surface area contributed by atoms with Crippen LogP contribution in [0.1, 0.15) is 252 Å². The zero-order valence-corrected chi connectivity index (χ0v) is 43.6. The molecule has 0 aliphatic carbocycles. The number of ether oxygens (including phenoxy) is 3. The van der Waals surface area contributed by atoms with Gasteiger partial charge in [-0.3, -0.25) is 14.4 Å². The third kappa shape index (κ3) is 53.2. The molecule has 0 spiro atoms. The van der Waals surface area contributed by atoms with Crippen molar-refractivity contribution < 1.29 is 28.6 Å². The second kappa shape index (κ2) is 54.9. The Kier molecular flexibility index (Phi) is 51.9. The van der Waals surface area contributed by atoms with E-state index in [0.29, 0.717) is 19.3 Å². The minimum atomic E-state index is -0.821.